The minimum atomic E-state index is 0. The lowest BCUT2D eigenvalue weighted by atomic mass is 10.1. The number of aromatic nitrogens is 3. The lowest BCUT2D eigenvalue weighted by molar-refractivity contribution is 0.215. The summed E-state index contributed by atoms with van der Waals surface area (Å²) in [5.41, 5.74) is 3.43. The van der Waals surface area contributed by atoms with E-state index in [1.165, 1.54) is 11.1 Å². The van der Waals surface area contributed by atoms with Crippen LogP contribution in [-0.4, -0.2) is 26.8 Å². The molecule has 34 heavy (non-hydrogen) atoms. The van der Waals surface area contributed by atoms with Gasteiger partial charge in [-0.25, -0.2) is 4.99 Å². The molecule has 0 radical (unpaired) electrons. The Balaban J connectivity index is 0.00000408. The van der Waals surface area contributed by atoms with Crippen molar-refractivity contribution < 1.29 is 4.74 Å². The Hall–Kier alpha value is -2.62. The predicted molar refractivity (Wildman–Crippen MR) is 149 cm³/mol. The Bertz CT molecular complexity index is 1070. The molecule has 0 fully saturated rings. The van der Waals surface area contributed by atoms with Crippen LogP contribution in [0.3, 0.4) is 0 Å². The quantitative estimate of drug-likeness (QED) is 0.208. The van der Waals surface area contributed by atoms with Gasteiger partial charge in [-0.3, -0.25) is 0 Å². The number of halogens is 1. The standard InChI is InChI=1S/C26H36N6O.HI/c1-7-19(3)33-24-15-18(2)13-14-23(24)16-27-26(28-17-25-31-30-21(5)32(25)6)29-20(4)22-11-9-8-10-12-22;/h8-15,19-20H,7,16-17H2,1-6H3,(H2,27,28,29);1H. The number of aryl methyl sites for hydroxylation is 2. The topological polar surface area (TPSA) is 76.4 Å². The normalized spacial score (nSPS) is 13.1. The van der Waals surface area contributed by atoms with Crippen LogP contribution in [0.25, 0.3) is 0 Å². The first-order valence-corrected chi connectivity index (χ1v) is 11.6. The summed E-state index contributed by atoms with van der Waals surface area (Å²) in [6.07, 6.45) is 1.11. The van der Waals surface area contributed by atoms with Gasteiger partial charge in [0.15, 0.2) is 11.8 Å². The third-order valence-corrected chi connectivity index (χ3v) is 5.78. The van der Waals surface area contributed by atoms with E-state index in [1.807, 2.05) is 36.7 Å². The SMILES string of the molecule is CCC(C)Oc1cc(C)ccc1CN=C(NCc1nnc(C)n1C)NC(C)c1ccccc1.I. The second-order valence-electron chi connectivity index (χ2n) is 8.47. The maximum Gasteiger partial charge on any atom is 0.192 e. The highest BCUT2D eigenvalue weighted by molar-refractivity contribution is 14.0. The number of nitrogens with one attached hydrogen (secondary N) is 2. The van der Waals surface area contributed by atoms with Crippen molar-refractivity contribution in [3.63, 3.8) is 0 Å². The third-order valence-electron chi connectivity index (χ3n) is 5.78. The first-order valence-electron chi connectivity index (χ1n) is 11.6. The summed E-state index contributed by atoms with van der Waals surface area (Å²) >= 11 is 0. The van der Waals surface area contributed by atoms with Gasteiger partial charge in [0.2, 0.25) is 0 Å². The first-order chi connectivity index (χ1) is 15.9. The van der Waals surface area contributed by atoms with Gasteiger partial charge in [0.05, 0.1) is 25.2 Å². The van der Waals surface area contributed by atoms with Gasteiger partial charge in [-0.2, -0.15) is 0 Å². The van der Waals surface area contributed by atoms with E-state index in [0.717, 1.165) is 29.4 Å². The van der Waals surface area contributed by atoms with Crippen LogP contribution in [0.5, 0.6) is 5.75 Å². The lowest BCUT2D eigenvalue weighted by Crippen LogP contribution is -2.39. The Morgan fingerprint density at radius 1 is 1.09 bits per heavy atom. The van der Waals surface area contributed by atoms with E-state index in [2.05, 4.69) is 78.9 Å². The molecule has 0 spiro atoms. The van der Waals surface area contributed by atoms with Crippen molar-refractivity contribution in [1.29, 1.82) is 0 Å². The second kappa shape index (κ2) is 13.3. The van der Waals surface area contributed by atoms with Crippen molar-refractivity contribution in [1.82, 2.24) is 25.4 Å². The van der Waals surface area contributed by atoms with Crippen LogP contribution >= 0.6 is 24.0 Å². The highest BCUT2D eigenvalue weighted by Gasteiger charge is 2.12. The zero-order valence-electron chi connectivity index (χ0n) is 21.0. The Morgan fingerprint density at radius 3 is 2.47 bits per heavy atom. The smallest absolute Gasteiger partial charge is 0.192 e. The van der Waals surface area contributed by atoms with Crippen molar-refractivity contribution in [2.24, 2.45) is 12.0 Å². The van der Waals surface area contributed by atoms with Crippen molar-refractivity contribution in [2.45, 2.75) is 66.3 Å². The summed E-state index contributed by atoms with van der Waals surface area (Å²) in [4.78, 5) is 4.89. The lowest BCUT2D eigenvalue weighted by Gasteiger charge is -2.19. The van der Waals surface area contributed by atoms with Gasteiger partial charge in [-0.05, 0) is 51.3 Å². The largest absolute Gasteiger partial charge is 0.490 e. The minimum Gasteiger partial charge on any atom is -0.490 e. The summed E-state index contributed by atoms with van der Waals surface area (Å²) < 4.78 is 8.15. The van der Waals surface area contributed by atoms with Gasteiger partial charge >= 0.3 is 0 Å². The van der Waals surface area contributed by atoms with Crippen LogP contribution in [0, 0.1) is 13.8 Å². The zero-order chi connectivity index (χ0) is 23.8. The highest BCUT2D eigenvalue weighted by atomic mass is 127. The van der Waals surface area contributed by atoms with Gasteiger partial charge in [-0.15, -0.1) is 34.2 Å². The molecule has 1 aromatic heterocycles. The maximum absolute atomic E-state index is 6.17. The number of nitrogens with zero attached hydrogens (tertiary/aromatic N) is 4. The Kier molecular flexibility index (Phi) is 10.8. The molecule has 0 bridgehead atoms. The first kappa shape index (κ1) is 27.6. The van der Waals surface area contributed by atoms with Crippen LogP contribution in [0.15, 0.2) is 53.5 Å². The molecule has 2 atom stereocenters. The molecule has 2 unspecified atom stereocenters. The van der Waals surface area contributed by atoms with E-state index >= 15 is 0 Å². The van der Waals surface area contributed by atoms with Crippen LogP contribution in [0.2, 0.25) is 0 Å². The van der Waals surface area contributed by atoms with E-state index < -0.39 is 0 Å². The monoisotopic (exact) mass is 576 g/mol. The summed E-state index contributed by atoms with van der Waals surface area (Å²) in [6, 6.07) is 16.7. The van der Waals surface area contributed by atoms with Gasteiger partial charge in [0.1, 0.15) is 11.6 Å². The molecule has 2 N–H and O–H groups in total. The molecule has 7 nitrogen and oxygen atoms in total. The fraction of sp³-hybridized carbons (Fsp3) is 0.423. The molecule has 1 heterocycles. The molecular formula is C26H37IN6O. The number of hydrogen-bond acceptors (Lipinski definition) is 4. The van der Waals surface area contributed by atoms with Crippen LogP contribution < -0.4 is 15.4 Å². The van der Waals surface area contributed by atoms with E-state index in [1.54, 1.807) is 0 Å². The molecule has 8 heteroatoms. The molecule has 0 saturated carbocycles. The van der Waals surface area contributed by atoms with Gasteiger partial charge in [0, 0.05) is 12.6 Å². The molecule has 3 aromatic rings. The third kappa shape index (κ3) is 7.72. The van der Waals surface area contributed by atoms with Gasteiger partial charge in [0.25, 0.3) is 0 Å². The molecular weight excluding hydrogens is 539 g/mol. The van der Waals surface area contributed by atoms with Gasteiger partial charge in [-0.1, -0.05) is 49.4 Å². The Labute approximate surface area is 220 Å². The van der Waals surface area contributed by atoms with Crippen molar-refractivity contribution in [3.8, 4) is 5.75 Å². The molecule has 0 aliphatic heterocycles. The zero-order valence-corrected chi connectivity index (χ0v) is 23.3. The molecule has 0 aliphatic carbocycles. The Morgan fingerprint density at radius 2 is 1.82 bits per heavy atom. The molecule has 0 saturated heterocycles. The van der Waals surface area contributed by atoms with Crippen LogP contribution in [0.1, 0.15) is 61.6 Å². The minimum absolute atomic E-state index is 0. The molecule has 2 aromatic carbocycles. The summed E-state index contributed by atoms with van der Waals surface area (Å²) in [7, 11) is 1.97. The molecule has 0 amide bonds. The summed E-state index contributed by atoms with van der Waals surface area (Å²) in [6.45, 7) is 11.4. The fourth-order valence-electron chi connectivity index (χ4n) is 3.32. The predicted octanol–water partition coefficient (Wildman–Crippen LogP) is 5.22. The van der Waals surface area contributed by atoms with E-state index in [9.17, 15) is 0 Å². The number of guanidine groups is 1. The van der Waals surface area contributed by atoms with Crippen LogP contribution in [0.4, 0.5) is 0 Å². The average molecular weight is 577 g/mol. The summed E-state index contributed by atoms with van der Waals surface area (Å²) in [5, 5.41) is 15.3. The van der Waals surface area contributed by atoms with Crippen LogP contribution in [-0.2, 0) is 20.1 Å². The van der Waals surface area contributed by atoms with E-state index in [4.69, 9.17) is 9.73 Å². The number of aliphatic imine (C=N–C) groups is 1. The second-order valence-corrected chi connectivity index (χ2v) is 8.47. The van der Waals surface area contributed by atoms with Crippen molar-refractivity contribution in [3.05, 3.63) is 76.9 Å². The van der Waals surface area contributed by atoms with E-state index in [-0.39, 0.29) is 36.1 Å². The summed E-state index contributed by atoms with van der Waals surface area (Å²) in [5.74, 6) is 3.34. The fourth-order valence-corrected chi connectivity index (χ4v) is 3.32. The number of rotatable bonds is 9. The molecule has 0 aliphatic rings. The molecule has 184 valence electrons. The molecule has 3 rings (SSSR count). The van der Waals surface area contributed by atoms with Crippen molar-refractivity contribution >= 4 is 29.9 Å². The van der Waals surface area contributed by atoms with E-state index in [0.29, 0.717) is 19.0 Å². The number of ether oxygens (including phenoxy) is 1. The van der Waals surface area contributed by atoms with Crippen molar-refractivity contribution in [2.75, 3.05) is 0 Å². The maximum atomic E-state index is 6.17. The average Bonchev–Trinajstić information content (AvgIpc) is 3.14. The highest BCUT2D eigenvalue weighted by Crippen LogP contribution is 2.23. The van der Waals surface area contributed by atoms with Gasteiger partial charge < -0.3 is 19.9 Å². The number of hydrogen-bond donors (Lipinski definition) is 2. The number of benzene rings is 2.